The monoisotopic (exact) mass is 427 g/mol. The maximum atomic E-state index is 12.5. The first-order valence-electron chi connectivity index (χ1n) is 10.7. The number of urea groups is 1. The smallest absolute Gasteiger partial charge is 0.315 e. The van der Waals surface area contributed by atoms with E-state index in [9.17, 15) is 4.79 Å². The number of ether oxygens (including phenoxy) is 1. The van der Waals surface area contributed by atoms with E-state index in [1.54, 1.807) is 0 Å². The van der Waals surface area contributed by atoms with Gasteiger partial charge in [-0.3, -0.25) is 4.90 Å². The topological polar surface area (TPSA) is 53.6 Å². The zero-order valence-corrected chi connectivity index (χ0v) is 19.0. The van der Waals surface area contributed by atoms with Gasteiger partial charge < -0.3 is 15.4 Å². The van der Waals surface area contributed by atoms with Crippen LogP contribution in [0, 0.1) is 0 Å². The Labute approximate surface area is 184 Å². The normalized spacial score (nSPS) is 15.7. The lowest BCUT2D eigenvalue weighted by Gasteiger charge is -2.27. The first-order valence-corrected chi connectivity index (χ1v) is 11.6. The van der Waals surface area contributed by atoms with E-state index in [2.05, 4.69) is 71.8 Å². The molecule has 2 N–H and O–H groups in total. The number of carbonyl (C=O) groups is 1. The van der Waals surface area contributed by atoms with Gasteiger partial charge in [-0.25, -0.2) is 4.79 Å². The van der Waals surface area contributed by atoms with Gasteiger partial charge >= 0.3 is 6.03 Å². The lowest BCUT2D eigenvalue weighted by atomic mass is 10.1. The summed E-state index contributed by atoms with van der Waals surface area (Å²) in [6, 6.07) is 16.5. The standard InChI is InChI=1S/C24H33N3O2S/c1-18(2)30-23-10-8-20(9-11-23)19(3)26-24(28)25-16-21-6-4-5-7-22(21)17-27-12-14-29-15-13-27/h4-11,18-19H,12-17H2,1-3H3,(H2,25,26,28). The molecule has 3 rings (SSSR count). The van der Waals surface area contributed by atoms with Crippen molar-refractivity contribution in [3.63, 3.8) is 0 Å². The van der Waals surface area contributed by atoms with Gasteiger partial charge in [-0.15, -0.1) is 11.8 Å². The van der Waals surface area contributed by atoms with Crippen molar-refractivity contribution in [2.75, 3.05) is 26.3 Å². The Morgan fingerprint density at radius 2 is 1.70 bits per heavy atom. The predicted octanol–water partition coefficient (Wildman–Crippen LogP) is 4.58. The number of hydrogen-bond donors (Lipinski definition) is 2. The number of benzene rings is 2. The van der Waals surface area contributed by atoms with Crippen molar-refractivity contribution in [2.24, 2.45) is 0 Å². The van der Waals surface area contributed by atoms with Crippen LogP contribution in [0.3, 0.4) is 0 Å². The third kappa shape index (κ3) is 7.04. The lowest BCUT2D eigenvalue weighted by Crippen LogP contribution is -2.37. The third-order valence-electron chi connectivity index (χ3n) is 5.15. The van der Waals surface area contributed by atoms with Crippen LogP contribution < -0.4 is 10.6 Å². The summed E-state index contributed by atoms with van der Waals surface area (Å²) >= 11 is 1.84. The Hall–Kier alpha value is -2.02. The van der Waals surface area contributed by atoms with Crippen molar-refractivity contribution in [1.29, 1.82) is 0 Å². The maximum Gasteiger partial charge on any atom is 0.315 e. The Morgan fingerprint density at radius 1 is 1.03 bits per heavy atom. The molecule has 2 aromatic carbocycles. The molecule has 6 heteroatoms. The fourth-order valence-corrected chi connectivity index (χ4v) is 4.34. The van der Waals surface area contributed by atoms with Crippen molar-refractivity contribution in [1.82, 2.24) is 15.5 Å². The first kappa shape index (κ1) is 22.7. The summed E-state index contributed by atoms with van der Waals surface area (Å²) in [5.74, 6) is 0. The van der Waals surface area contributed by atoms with Gasteiger partial charge in [-0.05, 0) is 35.7 Å². The van der Waals surface area contributed by atoms with E-state index in [1.165, 1.54) is 10.5 Å². The van der Waals surface area contributed by atoms with Crippen molar-refractivity contribution < 1.29 is 9.53 Å². The van der Waals surface area contributed by atoms with Gasteiger partial charge in [0.05, 0.1) is 19.3 Å². The molecule has 0 aliphatic carbocycles. The third-order valence-corrected chi connectivity index (χ3v) is 6.17. The largest absolute Gasteiger partial charge is 0.379 e. The number of thioether (sulfide) groups is 1. The Morgan fingerprint density at radius 3 is 2.37 bits per heavy atom. The number of carbonyl (C=O) groups excluding carboxylic acids is 1. The first-order chi connectivity index (χ1) is 14.5. The molecule has 1 saturated heterocycles. The molecule has 0 aromatic heterocycles. The number of nitrogens with zero attached hydrogens (tertiary/aromatic N) is 1. The highest BCUT2D eigenvalue weighted by Gasteiger charge is 2.14. The second kappa shape index (κ2) is 11.4. The molecule has 2 aromatic rings. The summed E-state index contributed by atoms with van der Waals surface area (Å²) < 4.78 is 5.44. The average Bonchev–Trinajstić information content (AvgIpc) is 2.74. The van der Waals surface area contributed by atoms with Crippen LogP contribution in [0.4, 0.5) is 4.79 Å². The fourth-order valence-electron chi connectivity index (χ4n) is 3.50. The van der Waals surface area contributed by atoms with Gasteiger partial charge in [0, 0.05) is 36.3 Å². The van der Waals surface area contributed by atoms with Crippen LogP contribution >= 0.6 is 11.8 Å². The molecular weight excluding hydrogens is 394 g/mol. The van der Waals surface area contributed by atoms with Crippen molar-refractivity contribution >= 4 is 17.8 Å². The minimum absolute atomic E-state index is 0.0494. The molecule has 1 heterocycles. The molecule has 2 amide bonds. The van der Waals surface area contributed by atoms with Gasteiger partial charge in [-0.2, -0.15) is 0 Å². The van der Waals surface area contributed by atoms with E-state index in [0.29, 0.717) is 11.8 Å². The molecule has 1 aliphatic rings. The molecule has 1 unspecified atom stereocenters. The molecular formula is C24H33N3O2S. The van der Waals surface area contributed by atoms with Crippen molar-refractivity contribution in [3.8, 4) is 0 Å². The van der Waals surface area contributed by atoms with Gasteiger partial charge in [0.1, 0.15) is 0 Å². The molecule has 0 radical (unpaired) electrons. The highest BCUT2D eigenvalue weighted by atomic mass is 32.2. The van der Waals surface area contributed by atoms with Gasteiger partial charge in [0.25, 0.3) is 0 Å². The quantitative estimate of drug-likeness (QED) is 0.606. The summed E-state index contributed by atoms with van der Waals surface area (Å²) in [5.41, 5.74) is 3.51. The maximum absolute atomic E-state index is 12.5. The number of amides is 2. The van der Waals surface area contributed by atoms with E-state index in [4.69, 9.17) is 4.74 Å². The summed E-state index contributed by atoms with van der Waals surface area (Å²) in [5, 5.41) is 6.62. The van der Waals surface area contributed by atoms with Gasteiger partial charge in [0.15, 0.2) is 0 Å². The molecule has 0 saturated carbocycles. The van der Waals surface area contributed by atoms with Crippen LogP contribution in [-0.2, 0) is 17.8 Å². The summed E-state index contributed by atoms with van der Waals surface area (Å²) in [7, 11) is 0. The van der Waals surface area contributed by atoms with E-state index >= 15 is 0 Å². The zero-order chi connectivity index (χ0) is 21.3. The zero-order valence-electron chi connectivity index (χ0n) is 18.2. The molecule has 5 nitrogen and oxygen atoms in total. The number of hydrogen-bond acceptors (Lipinski definition) is 4. The minimum Gasteiger partial charge on any atom is -0.379 e. The highest BCUT2D eigenvalue weighted by molar-refractivity contribution is 7.99. The second-order valence-electron chi connectivity index (χ2n) is 7.94. The van der Waals surface area contributed by atoms with Gasteiger partial charge in [-0.1, -0.05) is 50.2 Å². The molecule has 1 atom stereocenters. The van der Waals surface area contributed by atoms with E-state index in [-0.39, 0.29) is 12.1 Å². The van der Waals surface area contributed by atoms with Crippen molar-refractivity contribution in [3.05, 3.63) is 65.2 Å². The van der Waals surface area contributed by atoms with Crippen LogP contribution in [0.1, 0.15) is 43.5 Å². The van der Waals surface area contributed by atoms with Crippen LogP contribution in [0.5, 0.6) is 0 Å². The molecule has 30 heavy (non-hydrogen) atoms. The van der Waals surface area contributed by atoms with Crippen LogP contribution in [0.25, 0.3) is 0 Å². The lowest BCUT2D eigenvalue weighted by molar-refractivity contribution is 0.0341. The fraction of sp³-hybridized carbons (Fsp3) is 0.458. The number of rotatable bonds is 8. The average molecular weight is 428 g/mol. The van der Waals surface area contributed by atoms with E-state index in [1.807, 2.05) is 24.8 Å². The van der Waals surface area contributed by atoms with Crippen LogP contribution in [0.15, 0.2) is 53.4 Å². The molecule has 1 aliphatic heterocycles. The highest BCUT2D eigenvalue weighted by Crippen LogP contribution is 2.24. The van der Waals surface area contributed by atoms with E-state index < -0.39 is 0 Å². The summed E-state index contributed by atoms with van der Waals surface area (Å²) in [6.45, 7) is 11.3. The summed E-state index contributed by atoms with van der Waals surface area (Å²) in [6.07, 6.45) is 0. The molecule has 1 fully saturated rings. The van der Waals surface area contributed by atoms with Crippen LogP contribution in [0.2, 0.25) is 0 Å². The van der Waals surface area contributed by atoms with Crippen LogP contribution in [-0.4, -0.2) is 42.5 Å². The van der Waals surface area contributed by atoms with E-state index in [0.717, 1.165) is 44.0 Å². The summed E-state index contributed by atoms with van der Waals surface area (Å²) in [4.78, 5) is 16.1. The Kier molecular flexibility index (Phi) is 8.61. The minimum atomic E-state index is -0.149. The van der Waals surface area contributed by atoms with Crippen molar-refractivity contribution in [2.45, 2.75) is 50.0 Å². The predicted molar refractivity (Wildman–Crippen MR) is 124 cm³/mol. The van der Waals surface area contributed by atoms with Gasteiger partial charge in [0.2, 0.25) is 0 Å². The molecule has 0 bridgehead atoms. The molecule has 0 spiro atoms. The Bertz CT molecular complexity index is 804. The number of morpholine rings is 1. The molecule has 162 valence electrons. The second-order valence-corrected chi connectivity index (χ2v) is 9.59. The SMILES string of the molecule is CC(C)Sc1ccc(C(C)NC(=O)NCc2ccccc2CN2CCOCC2)cc1. The Balaban J connectivity index is 1.50. The number of nitrogens with one attached hydrogen (secondary N) is 2.